The van der Waals surface area contributed by atoms with E-state index in [1.807, 2.05) is 24.3 Å². The number of morpholine rings is 1. The highest BCUT2D eigenvalue weighted by molar-refractivity contribution is 8.26. The summed E-state index contributed by atoms with van der Waals surface area (Å²) in [4.78, 5) is 28.0. The summed E-state index contributed by atoms with van der Waals surface area (Å²) < 4.78 is 12.0. The number of carbonyl (C=O) groups excluding carboxylic acids is 1. The van der Waals surface area contributed by atoms with Gasteiger partial charge in [0.15, 0.2) is 0 Å². The van der Waals surface area contributed by atoms with Gasteiger partial charge in [-0.05, 0) is 42.3 Å². The number of benzene rings is 2. The van der Waals surface area contributed by atoms with Gasteiger partial charge < -0.3 is 14.6 Å². The second-order valence-corrected chi connectivity index (χ2v) is 11.0. The highest BCUT2D eigenvalue weighted by atomic mass is 35.5. The molecule has 2 saturated heterocycles. The normalized spacial score (nSPS) is 17.6. The molecule has 0 atom stereocenters. The van der Waals surface area contributed by atoms with Gasteiger partial charge >= 0.3 is 5.97 Å². The number of halogens is 2. The number of carboxylic acids is 1. The van der Waals surface area contributed by atoms with Crippen molar-refractivity contribution in [3.05, 3.63) is 56.9 Å². The van der Waals surface area contributed by atoms with Crippen LogP contribution in [0.1, 0.15) is 18.4 Å². The van der Waals surface area contributed by atoms with Crippen LogP contribution in [0, 0.1) is 0 Å². The fourth-order valence-corrected chi connectivity index (χ4v) is 5.84. The summed E-state index contributed by atoms with van der Waals surface area (Å²) in [6.07, 6.45) is 2.10. The maximum atomic E-state index is 12.9. The van der Waals surface area contributed by atoms with Crippen molar-refractivity contribution in [1.29, 1.82) is 0 Å². The number of thioether (sulfide) groups is 1. The minimum Gasteiger partial charge on any atom is -0.492 e. The molecule has 0 aromatic heterocycles. The summed E-state index contributed by atoms with van der Waals surface area (Å²) >= 11 is 19.2. The molecule has 0 saturated carbocycles. The second kappa shape index (κ2) is 13.1. The molecular formula is C26H26Cl2N2O5S2. The van der Waals surface area contributed by atoms with Crippen molar-refractivity contribution < 1.29 is 24.2 Å². The first-order valence-electron chi connectivity index (χ1n) is 11.8. The molecule has 2 fully saturated rings. The number of hydrogen-bond donors (Lipinski definition) is 1. The molecule has 1 N–H and O–H groups in total. The second-order valence-electron chi connectivity index (χ2n) is 8.51. The van der Waals surface area contributed by atoms with E-state index >= 15 is 0 Å². The van der Waals surface area contributed by atoms with E-state index in [2.05, 4.69) is 4.90 Å². The van der Waals surface area contributed by atoms with Crippen molar-refractivity contribution >= 4 is 69.5 Å². The molecule has 1 amide bonds. The molecule has 11 heteroatoms. The van der Waals surface area contributed by atoms with Crippen molar-refractivity contribution in [2.45, 2.75) is 12.8 Å². The van der Waals surface area contributed by atoms with Crippen LogP contribution in [0.5, 0.6) is 5.75 Å². The van der Waals surface area contributed by atoms with Gasteiger partial charge in [-0.15, -0.1) is 0 Å². The predicted molar refractivity (Wildman–Crippen MR) is 151 cm³/mol. The van der Waals surface area contributed by atoms with Gasteiger partial charge in [-0.3, -0.25) is 19.4 Å². The number of amides is 1. The maximum Gasteiger partial charge on any atom is 0.303 e. The zero-order valence-corrected chi connectivity index (χ0v) is 23.1. The summed E-state index contributed by atoms with van der Waals surface area (Å²) in [5.74, 6) is -0.449. The zero-order valence-electron chi connectivity index (χ0n) is 20.0. The first kappa shape index (κ1) is 27.9. The van der Waals surface area contributed by atoms with E-state index in [4.69, 9.17) is 50.0 Å². The Morgan fingerprint density at radius 1 is 1.14 bits per heavy atom. The molecule has 2 aliphatic heterocycles. The standard InChI is InChI=1S/C26H26Cl2N2O5S2/c27-18-4-5-19(21(28)16-18)20-14-17(3-6-22(20)35-13-10-29-8-11-34-12-9-29)15-23-25(33)30(26(36)37-23)7-1-2-24(31)32/h3-6,14-16H,1-2,7-13H2,(H,31,32). The Morgan fingerprint density at radius 2 is 1.92 bits per heavy atom. The number of thiocarbonyl (C=S) groups is 1. The minimum atomic E-state index is -0.901. The molecule has 4 rings (SSSR count). The number of hydrogen-bond acceptors (Lipinski definition) is 7. The molecule has 7 nitrogen and oxygen atoms in total. The van der Waals surface area contributed by atoms with Crippen LogP contribution < -0.4 is 4.74 Å². The SMILES string of the molecule is O=C(O)CCCN1C(=O)C(=Cc2ccc(OCCN3CCOCC3)c(-c3ccc(Cl)cc3Cl)c2)SC1=S. The van der Waals surface area contributed by atoms with Crippen molar-refractivity contribution in [3.8, 4) is 16.9 Å². The van der Waals surface area contributed by atoms with Crippen LogP contribution in [0.3, 0.4) is 0 Å². The summed E-state index contributed by atoms with van der Waals surface area (Å²) in [6, 6.07) is 11.0. The largest absolute Gasteiger partial charge is 0.492 e. The lowest BCUT2D eigenvalue weighted by molar-refractivity contribution is -0.137. The zero-order chi connectivity index (χ0) is 26.4. The van der Waals surface area contributed by atoms with E-state index in [9.17, 15) is 9.59 Å². The van der Waals surface area contributed by atoms with E-state index in [-0.39, 0.29) is 18.9 Å². The summed E-state index contributed by atoms with van der Waals surface area (Å²) in [6.45, 7) is 4.78. The summed E-state index contributed by atoms with van der Waals surface area (Å²) in [7, 11) is 0. The first-order valence-corrected chi connectivity index (χ1v) is 13.8. The third-order valence-corrected chi connectivity index (χ3v) is 7.86. The highest BCUT2D eigenvalue weighted by Gasteiger charge is 2.31. The number of nitrogens with zero attached hydrogens (tertiary/aromatic N) is 2. The lowest BCUT2D eigenvalue weighted by Gasteiger charge is -2.26. The van der Waals surface area contributed by atoms with E-state index in [1.54, 1.807) is 18.2 Å². The van der Waals surface area contributed by atoms with Crippen LogP contribution in [0.25, 0.3) is 17.2 Å². The number of carbonyl (C=O) groups is 2. The maximum absolute atomic E-state index is 12.9. The summed E-state index contributed by atoms with van der Waals surface area (Å²) in [5.41, 5.74) is 2.34. The average Bonchev–Trinajstić information content (AvgIpc) is 3.12. The van der Waals surface area contributed by atoms with Crippen molar-refractivity contribution in [2.75, 3.05) is 46.0 Å². The average molecular weight is 582 g/mol. The van der Waals surface area contributed by atoms with Gasteiger partial charge in [0.25, 0.3) is 5.91 Å². The number of ether oxygens (including phenoxy) is 2. The number of aliphatic carboxylic acids is 1. The van der Waals surface area contributed by atoms with Gasteiger partial charge in [0, 0.05) is 48.7 Å². The topological polar surface area (TPSA) is 79.3 Å². The van der Waals surface area contributed by atoms with Gasteiger partial charge in [-0.1, -0.05) is 59.3 Å². The quantitative estimate of drug-likeness (QED) is 0.294. The number of rotatable bonds is 10. The third-order valence-electron chi connectivity index (χ3n) is 5.94. The highest BCUT2D eigenvalue weighted by Crippen LogP contribution is 2.39. The van der Waals surface area contributed by atoms with Crippen molar-refractivity contribution in [2.24, 2.45) is 0 Å². The van der Waals surface area contributed by atoms with Gasteiger partial charge in [-0.2, -0.15) is 0 Å². The van der Waals surface area contributed by atoms with Crippen LogP contribution in [-0.4, -0.2) is 77.1 Å². The molecule has 0 radical (unpaired) electrons. The first-order chi connectivity index (χ1) is 17.8. The lowest BCUT2D eigenvalue weighted by Crippen LogP contribution is -2.38. The van der Waals surface area contributed by atoms with Crippen molar-refractivity contribution in [1.82, 2.24) is 9.80 Å². The molecule has 0 aliphatic carbocycles. The Kier molecular flexibility index (Phi) is 9.86. The Balaban J connectivity index is 1.56. The fraction of sp³-hybridized carbons (Fsp3) is 0.346. The molecule has 2 aliphatic rings. The van der Waals surface area contributed by atoms with E-state index in [0.717, 1.165) is 49.5 Å². The van der Waals surface area contributed by atoms with Gasteiger partial charge in [0.05, 0.1) is 23.1 Å². The van der Waals surface area contributed by atoms with Crippen LogP contribution in [0.15, 0.2) is 41.3 Å². The van der Waals surface area contributed by atoms with E-state index < -0.39 is 5.97 Å². The fourth-order valence-electron chi connectivity index (χ4n) is 4.02. The Bertz CT molecular complexity index is 1220. The Labute approximate surface area is 235 Å². The molecule has 37 heavy (non-hydrogen) atoms. The molecule has 2 aromatic rings. The summed E-state index contributed by atoms with van der Waals surface area (Å²) in [5, 5.41) is 9.90. The van der Waals surface area contributed by atoms with Gasteiger partial charge in [0.2, 0.25) is 0 Å². The smallest absolute Gasteiger partial charge is 0.303 e. The van der Waals surface area contributed by atoms with Gasteiger partial charge in [0.1, 0.15) is 16.7 Å². The van der Waals surface area contributed by atoms with E-state index in [1.165, 1.54) is 16.7 Å². The number of carboxylic acid groups (broad SMARTS) is 1. The predicted octanol–water partition coefficient (Wildman–Crippen LogP) is 5.44. The molecule has 0 spiro atoms. The Hall–Kier alpha value is -2.14. The third kappa shape index (κ3) is 7.46. The lowest BCUT2D eigenvalue weighted by atomic mass is 10.0. The van der Waals surface area contributed by atoms with Crippen LogP contribution in [0.4, 0.5) is 0 Å². The van der Waals surface area contributed by atoms with Gasteiger partial charge in [-0.25, -0.2) is 0 Å². The molecule has 2 aromatic carbocycles. The molecule has 0 bridgehead atoms. The molecular weight excluding hydrogens is 555 g/mol. The molecule has 2 heterocycles. The van der Waals surface area contributed by atoms with Crippen LogP contribution >= 0.6 is 47.2 Å². The van der Waals surface area contributed by atoms with Crippen LogP contribution in [0.2, 0.25) is 10.0 Å². The molecule has 0 unspecified atom stereocenters. The minimum absolute atomic E-state index is 0.0195. The van der Waals surface area contributed by atoms with Crippen molar-refractivity contribution in [3.63, 3.8) is 0 Å². The Morgan fingerprint density at radius 3 is 2.65 bits per heavy atom. The monoisotopic (exact) mass is 580 g/mol. The molecule has 196 valence electrons. The van der Waals surface area contributed by atoms with E-state index in [0.29, 0.717) is 38.0 Å². The van der Waals surface area contributed by atoms with Crippen LogP contribution in [-0.2, 0) is 14.3 Å².